The molecule has 1 unspecified atom stereocenters. The minimum absolute atomic E-state index is 0.430. The highest BCUT2D eigenvalue weighted by molar-refractivity contribution is 7.99. The maximum Gasteiger partial charge on any atom is 0.119 e. The van der Waals surface area contributed by atoms with Crippen molar-refractivity contribution >= 4 is 11.8 Å². The Hall–Kier alpha value is -0.670. The molecule has 1 aromatic rings. The molecule has 0 spiro atoms. The molecule has 0 amide bonds. The van der Waals surface area contributed by atoms with E-state index in [1.54, 1.807) is 0 Å². The minimum atomic E-state index is 0.430. The summed E-state index contributed by atoms with van der Waals surface area (Å²) in [5.41, 5.74) is 1.48. The van der Waals surface area contributed by atoms with Crippen LogP contribution in [0.2, 0.25) is 0 Å². The van der Waals surface area contributed by atoms with Gasteiger partial charge in [0.2, 0.25) is 0 Å². The van der Waals surface area contributed by atoms with Crippen LogP contribution in [0.5, 0.6) is 5.75 Å². The van der Waals surface area contributed by atoms with Gasteiger partial charge < -0.3 is 10.1 Å². The Bertz CT molecular complexity index is 367. The van der Waals surface area contributed by atoms with Gasteiger partial charge in [0.15, 0.2) is 0 Å². The summed E-state index contributed by atoms with van der Waals surface area (Å²) in [6.07, 6.45) is 4.15. The zero-order chi connectivity index (χ0) is 12.2. The number of rotatable bonds is 3. The van der Waals surface area contributed by atoms with Crippen LogP contribution in [0.15, 0.2) is 24.3 Å². The summed E-state index contributed by atoms with van der Waals surface area (Å²) in [5, 5.41) is 3.42. The van der Waals surface area contributed by atoms with E-state index < -0.39 is 0 Å². The predicted molar refractivity (Wildman–Crippen MR) is 77.6 cm³/mol. The molecule has 2 aliphatic rings. The zero-order valence-electron chi connectivity index (χ0n) is 10.7. The largest absolute Gasteiger partial charge is 0.490 e. The van der Waals surface area contributed by atoms with Crippen LogP contribution in [0.1, 0.15) is 30.7 Å². The molecular formula is C15H21NOS. The Morgan fingerprint density at radius 2 is 1.83 bits per heavy atom. The highest BCUT2D eigenvalue weighted by Crippen LogP contribution is 2.28. The summed E-state index contributed by atoms with van der Waals surface area (Å²) in [5.74, 6) is 4.18. The molecule has 0 aromatic heterocycles. The SMILES string of the molecule is c1cc(C2CCNCC2)ccc1OC1CCSC1. The third-order valence-corrected chi connectivity index (χ3v) is 5.01. The number of nitrogens with one attached hydrogen (secondary N) is 1. The molecule has 2 nitrogen and oxygen atoms in total. The maximum atomic E-state index is 5.98. The first kappa shape index (κ1) is 12.4. The lowest BCUT2D eigenvalue weighted by molar-refractivity contribution is 0.229. The summed E-state index contributed by atoms with van der Waals surface area (Å²) in [4.78, 5) is 0. The van der Waals surface area contributed by atoms with Crippen molar-refractivity contribution in [3.05, 3.63) is 29.8 Å². The number of benzene rings is 1. The monoisotopic (exact) mass is 263 g/mol. The number of ether oxygens (including phenoxy) is 1. The fraction of sp³-hybridized carbons (Fsp3) is 0.600. The van der Waals surface area contributed by atoms with E-state index in [0.29, 0.717) is 6.10 Å². The van der Waals surface area contributed by atoms with Crippen LogP contribution >= 0.6 is 11.8 Å². The lowest BCUT2D eigenvalue weighted by atomic mass is 9.90. The van der Waals surface area contributed by atoms with Crippen molar-refractivity contribution in [2.45, 2.75) is 31.3 Å². The average molecular weight is 263 g/mol. The third kappa shape index (κ3) is 3.01. The molecule has 2 saturated heterocycles. The van der Waals surface area contributed by atoms with Crippen molar-refractivity contribution in [2.75, 3.05) is 24.6 Å². The lowest BCUT2D eigenvalue weighted by Crippen LogP contribution is -2.26. The smallest absolute Gasteiger partial charge is 0.119 e. The number of hydrogen-bond donors (Lipinski definition) is 1. The molecule has 1 N–H and O–H groups in total. The second-order valence-electron chi connectivity index (χ2n) is 5.20. The van der Waals surface area contributed by atoms with Crippen molar-refractivity contribution in [2.24, 2.45) is 0 Å². The molecule has 0 saturated carbocycles. The van der Waals surface area contributed by atoms with E-state index in [9.17, 15) is 0 Å². The van der Waals surface area contributed by atoms with Crippen LogP contribution in [0, 0.1) is 0 Å². The topological polar surface area (TPSA) is 21.3 Å². The second-order valence-corrected chi connectivity index (χ2v) is 6.35. The van der Waals surface area contributed by atoms with Crippen molar-refractivity contribution in [1.82, 2.24) is 5.32 Å². The van der Waals surface area contributed by atoms with Gasteiger partial charge in [0.05, 0.1) is 0 Å². The van der Waals surface area contributed by atoms with E-state index in [1.165, 1.54) is 30.6 Å². The van der Waals surface area contributed by atoms with Crippen molar-refractivity contribution in [3.8, 4) is 5.75 Å². The Morgan fingerprint density at radius 1 is 1.06 bits per heavy atom. The summed E-state index contributed by atoms with van der Waals surface area (Å²) >= 11 is 2.00. The molecule has 3 rings (SSSR count). The fourth-order valence-corrected chi connectivity index (χ4v) is 3.87. The summed E-state index contributed by atoms with van der Waals surface area (Å²) < 4.78 is 5.98. The van der Waals surface area contributed by atoms with E-state index in [2.05, 4.69) is 29.6 Å². The Labute approximate surface area is 113 Å². The van der Waals surface area contributed by atoms with Crippen LogP contribution in [-0.2, 0) is 0 Å². The molecule has 2 fully saturated rings. The number of hydrogen-bond acceptors (Lipinski definition) is 3. The first-order valence-corrected chi connectivity index (χ1v) is 8.12. The Kier molecular flexibility index (Phi) is 4.11. The van der Waals surface area contributed by atoms with Gasteiger partial charge in [-0.05, 0) is 61.7 Å². The van der Waals surface area contributed by atoms with Gasteiger partial charge in [0.25, 0.3) is 0 Å². The Morgan fingerprint density at radius 3 is 2.50 bits per heavy atom. The van der Waals surface area contributed by atoms with Crippen LogP contribution in [-0.4, -0.2) is 30.7 Å². The number of piperidine rings is 1. The van der Waals surface area contributed by atoms with Gasteiger partial charge in [-0.15, -0.1) is 0 Å². The van der Waals surface area contributed by atoms with Gasteiger partial charge in [-0.2, -0.15) is 11.8 Å². The van der Waals surface area contributed by atoms with E-state index in [-0.39, 0.29) is 0 Å². The first-order valence-electron chi connectivity index (χ1n) is 6.97. The standard InChI is InChI=1S/C15H21NOS/c1-3-14(17-15-7-10-18-11-15)4-2-12(1)13-5-8-16-9-6-13/h1-4,13,15-16H,5-11H2. The van der Waals surface area contributed by atoms with E-state index in [4.69, 9.17) is 4.74 Å². The highest BCUT2D eigenvalue weighted by atomic mass is 32.2. The lowest BCUT2D eigenvalue weighted by Gasteiger charge is -2.23. The van der Waals surface area contributed by atoms with Crippen LogP contribution < -0.4 is 10.1 Å². The van der Waals surface area contributed by atoms with E-state index in [0.717, 1.165) is 30.5 Å². The molecule has 2 heterocycles. The minimum Gasteiger partial charge on any atom is -0.490 e. The highest BCUT2D eigenvalue weighted by Gasteiger charge is 2.18. The van der Waals surface area contributed by atoms with Gasteiger partial charge in [0, 0.05) is 5.75 Å². The summed E-state index contributed by atoms with van der Waals surface area (Å²) in [6.45, 7) is 2.31. The van der Waals surface area contributed by atoms with Gasteiger partial charge >= 0.3 is 0 Å². The van der Waals surface area contributed by atoms with Gasteiger partial charge in [-0.1, -0.05) is 12.1 Å². The molecular weight excluding hydrogens is 242 g/mol. The van der Waals surface area contributed by atoms with Gasteiger partial charge in [-0.25, -0.2) is 0 Å². The second kappa shape index (κ2) is 5.98. The molecule has 0 aliphatic carbocycles. The maximum absolute atomic E-state index is 5.98. The molecule has 2 aliphatic heterocycles. The molecule has 1 aromatic carbocycles. The zero-order valence-corrected chi connectivity index (χ0v) is 11.5. The average Bonchev–Trinajstić information content (AvgIpc) is 2.94. The first-order chi connectivity index (χ1) is 8.92. The Balaban J connectivity index is 1.60. The van der Waals surface area contributed by atoms with Crippen LogP contribution in [0.25, 0.3) is 0 Å². The molecule has 98 valence electrons. The van der Waals surface area contributed by atoms with Gasteiger partial charge in [0.1, 0.15) is 11.9 Å². The van der Waals surface area contributed by atoms with E-state index in [1.807, 2.05) is 11.8 Å². The normalized spacial score (nSPS) is 25.2. The summed E-state index contributed by atoms with van der Waals surface area (Å²) in [6, 6.07) is 8.82. The molecule has 18 heavy (non-hydrogen) atoms. The quantitative estimate of drug-likeness (QED) is 0.905. The predicted octanol–water partition coefficient (Wildman–Crippen LogP) is 3.04. The number of thioether (sulfide) groups is 1. The van der Waals surface area contributed by atoms with Crippen LogP contribution in [0.3, 0.4) is 0 Å². The molecule has 0 radical (unpaired) electrons. The van der Waals surface area contributed by atoms with Crippen molar-refractivity contribution in [3.63, 3.8) is 0 Å². The van der Waals surface area contributed by atoms with E-state index >= 15 is 0 Å². The third-order valence-electron chi connectivity index (χ3n) is 3.88. The van der Waals surface area contributed by atoms with Crippen molar-refractivity contribution < 1.29 is 4.74 Å². The van der Waals surface area contributed by atoms with Gasteiger partial charge in [-0.3, -0.25) is 0 Å². The van der Waals surface area contributed by atoms with Crippen LogP contribution in [0.4, 0.5) is 0 Å². The molecule has 3 heteroatoms. The summed E-state index contributed by atoms with van der Waals surface area (Å²) in [7, 11) is 0. The van der Waals surface area contributed by atoms with Crippen molar-refractivity contribution in [1.29, 1.82) is 0 Å². The molecule has 0 bridgehead atoms. The molecule has 1 atom stereocenters. The fourth-order valence-electron chi connectivity index (χ4n) is 2.77.